The first kappa shape index (κ1) is 38.9. The van der Waals surface area contributed by atoms with E-state index in [0.717, 1.165) is 55.9 Å². The van der Waals surface area contributed by atoms with Crippen LogP contribution in [0.25, 0.3) is 11.0 Å². The number of rotatable bonds is 11. The van der Waals surface area contributed by atoms with Gasteiger partial charge in [0.15, 0.2) is 11.9 Å². The van der Waals surface area contributed by atoms with Crippen molar-refractivity contribution in [2.45, 2.75) is 65.7 Å². The van der Waals surface area contributed by atoms with Crippen molar-refractivity contribution in [3.63, 3.8) is 0 Å². The molecule has 0 aliphatic rings. The Kier molecular flexibility index (Phi) is 23.5. The standard InChI is InChI=1S/C14H16N2O2.C8H14O3.C6H6N2O.CH4O.CH4/c1-18-13(17)7-3-2-6-12-9-8-11-5-4-10-15-14(11)16-12;1-7(9)5-3-4-6-8(10)11-2;7-6-5(4-9)2-1-3-8-6;1-2;/h4-5,8-10H,2-3,6-7H2,1H3;3-6H2,1-2H3;1-4H,(H2,7,8);2H,1H3;1H4. The number of aliphatic hydroxyl groups excluding tert-OH is 1. The fourth-order valence-corrected chi connectivity index (χ4v) is 3.08. The minimum absolute atomic E-state index is 0. The van der Waals surface area contributed by atoms with Crippen molar-refractivity contribution in [2.24, 2.45) is 0 Å². The van der Waals surface area contributed by atoms with E-state index in [1.807, 2.05) is 24.3 Å². The number of Topliss-reactive ketones (excluding diaryl/α,β-unsaturated/α-hetero) is 1. The van der Waals surface area contributed by atoms with Crippen molar-refractivity contribution in [1.29, 1.82) is 0 Å². The minimum atomic E-state index is -0.200. The van der Waals surface area contributed by atoms with Crippen LogP contribution in [0, 0.1) is 0 Å². The zero-order chi connectivity index (χ0) is 30.2. The molecule has 0 amide bonds. The first-order valence-corrected chi connectivity index (χ1v) is 12.7. The number of fused-ring (bicyclic) bond motifs is 1. The van der Waals surface area contributed by atoms with Gasteiger partial charge in [-0.15, -0.1) is 0 Å². The van der Waals surface area contributed by atoms with E-state index in [1.54, 1.807) is 31.5 Å². The number of ketones is 1. The molecule has 226 valence electrons. The quantitative estimate of drug-likeness (QED) is 0.188. The van der Waals surface area contributed by atoms with E-state index in [1.165, 1.54) is 14.2 Å². The molecule has 3 aromatic rings. The highest BCUT2D eigenvalue weighted by atomic mass is 16.5. The average molecular weight is 573 g/mol. The molecule has 0 bridgehead atoms. The van der Waals surface area contributed by atoms with Gasteiger partial charge in [-0.25, -0.2) is 15.0 Å². The molecule has 0 atom stereocenters. The van der Waals surface area contributed by atoms with E-state index in [4.69, 9.17) is 10.8 Å². The smallest absolute Gasteiger partial charge is 0.305 e. The summed E-state index contributed by atoms with van der Waals surface area (Å²) < 4.78 is 9.03. The molecule has 0 fully saturated rings. The second-order valence-electron chi connectivity index (χ2n) is 8.22. The molecule has 11 nitrogen and oxygen atoms in total. The fraction of sp³-hybridized carbons (Fsp3) is 0.433. The maximum atomic E-state index is 11.0. The maximum absolute atomic E-state index is 11.0. The van der Waals surface area contributed by atoms with Gasteiger partial charge in [0.1, 0.15) is 11.6 Å². The van der Waals surface area contributed by atoms with Gasteiger partial charge in [-0.05, 0) is 75.4 Å². The number of hydrogen-bond acceptors (Lipinski definition) is 11. The first-order valence-electron chi connectivity index (χ1n) is 12.7. The highest BCUT2D eigenvalue weighted by Gasteiger charge is 2.02. The Labute approximate surface area is 242 Å². The minimum Gasteiger partial charge on any atom is -0.469 e. The number of nitrogen functional groups attached to an aromatic ring is 1. The second kappa shape index (κ2) is 24.8. The van der Waals surface area contributed by atoms with Crippen molar-refractivity contribution in [1.82, 2.24) is 15.0 Å². The summed E-state index contributed by atoms with van der Waals surface area (Å²) in [5, 5.41) is 8.05. The molecule has 3 heterocycles. The van der Waals surface area contributed by atoms with Crippen molar-refractivity contribution < 1.29 is 33.8 Å². The van der Waals surface area contributed by atoms with Gasteiger partial charge in [-0.1, -0.05) is 7.43 Å². The number of hydrogen-bond donors (Lipinski definition) is 2. The van der Waals surface area contributed by atoms with Gasteiger partial charge >= 0.3 is 11.9 Å². The van der Waals surface area contributed by atoms with Gasteiger partial charge in [0.05, 0.1) is 19.8 Å². The lowest BCUT2D eigenvalue weighted by molar-refractivity contribution is -0.141. The zero-order valence-electron chi connectivity index (χ0n) is 23.7. The molecule has 3 aromatic heterocycles. The van der Waals surface area contributed by atoms with Gasteiger partial charge in [-0.3, -0.25) is 14.4 Å². The number of nitrogens with two attached hydrogens (primary N) is 1. The molecule has 0 radical (unpaired) electrons. The summed E-state index contributed by atoms with van der Waals surface area (Å²) >= 11 is 0. The van der Waals surface area contributed by atoms with Gasteiger partial charge in [0.2, 0.25) is 0 Å². The van der Waals surface area contributed by atoms with E-state index >= 15 is 0 Å². The van der Waals surface area contributed by atoms with Gasteiger partial charge in [-0.2, -0.15) is 0 Å². The van der Waals surface area contributed by atoms with Crippen LogP contribution in [0.2, 0.25) is 0 Å². The van der Waals surface area contributed by atoms with Crippen LogP contribution in [-0.4, -0.2) is 65.4 Å². The Morgan fingerprint density at radius 2 is 1.41 bits per heavy atom. The topological polar surface area (TPSA) is 172 Å². The number of anilines is 1. The molecule has 3 N–H and O–H groups in total. The summed E-state index contributed by atoms with van der Waals surface area (Å²) in [5.74, 6) is 0.110. The molecule has 3 rings (SSSR count). The largest absolute Gasteiger partial charge is 0.469 e. The van der Waals surface area contributed by atoms with Crippen LogP contribution in [0.3, 0.4) is 0 Å². The number of aldehydes is 1. The fourth-order valence-electron chi connectivity index (χ4n) is 3.08. The number of ether oxygens (including phenoxy) is 2. The number of pyridine rings is 3. The normalized spacial score (nSPS) is 9.20. The summed E-state index contributed by atoms with van der Waals surface area (Å²) in [4.78, 5) is 54.5. The van der Waals surface area contributed by atoms with Crippen molar-refractivity contribution >= 4 is 40.9 Å². The lowest BCUT2D eigenvalue weighted by atomic mass is 10.1. The molecule has 0 aromatic carbocycles. The van der Waals surface area contributed by atoms with Gasteiger partial charge in [0, 0.05) is 49.8 Å². The summed E-state index contributed by atoms with van der Waals surface area (Å²) in [6.45, 7) is 1.55. The lowest BCUT2D eigenvalue weighted by Crippen LogP contribution is -2.00. The maximum Gasteiger partial charge on any atom is 0.305 e. The molecule has 41 heavy (non-hydrogen) atoms. The second-order valence-corrected chi connectivity index (χ2v) is 8.22. The number of aromatic nitrogens is 3. The van der Waals surface area contributed by atoms with Crippen LogP contribution in [0.5, 0.6) is 0 Å². The van der Waals surface area contributed by atoms with Crippen LogP contribution in [-0.2, 0) is 30.3 Å². The zero-order valence-corrected chi connectivity index (χ0v) is 23.7. The third-order valence-electron chi connectivity index (χ3n) is 5.20. The number of aryl methyl sites for hydroxylation is 1. The number of unbranched alkanes of at least 4 members (excludes halogenated alkanes) is 2. The molecular formula is C30H44N4O7. The first-order chi connectivity index (χ1) is 19.3. The van der Waals surface area contributed by atoms with Crippen molar-refractivity contribution in [2.75, 3.05) is 27.1 Å². The monoisotopic (exact) mass is 572 g/mol. The van der Waals surface area contributed by atoms with E-state index in [9.17, 15) is 19.2 Å². The van der Waals surface area contributed by atoms with E-state index in [-0.39, 0.29) is 31.0 Å². The highest BCUT2D eigenvalue weighted by molar-refractivity contribution is 5.81. The summed E-state index contributed by atoms with van der Waals surface area (Å²) in [6.07, 6.45) is 9.58. The van der Waals surface area contributed by atoms with Crippen LogP contribution in [0.1, 0.15) is 75.3 Å². The number of carbonyl (C=O) groups excluding carboxylic acids is 4. The third kappa shape index (κ3) is 18.6. The predicted octanol–water partition coefficient (Wildman–Crippen LogP) is 4.55. The van der Waals surface area contributed by atoms with Gasteiger partial charge in [0.25, 0.3) is 0 Å². The molecular weight excluding hydrogens is 528 g/mol. The molecule has 0 aliphatic carbocycles. The van der Waals surface area contributed by atoms with Crippen LogP contribution < -0.4 is 5.73 Å². The van der Waals surface area contributed by atoms with Crippen LogP contribution in [0.15, 0.2) is 48.8 Å². The number of aliphatic hydroxyl groups is 1. The Balaban J connectivity index is 0. The molecule has 0 spiro atoms. The highest BCUT2D eigenvalue weighted by Crippen LogP contribution is 2.11. The Morgan fingerprint density at radius 1 is 0.854 bits per heavy atom. The lowest BCUT2D eigenvalue weighted by Gasteiger charge is -2.02. The SMILES string of the molecule is C.CO.COC(=O)CCCCC(C)=O.COC(=O)CCCCc1ccc2cccnc2n1.Nc1ncccc1C=O. The summed E-state index contributed by atoms with van der Waals surface area (Å²) in [5.41, 5.74) is 7.53. The van der Waals surface area contributed by atoms with E-state index < -0.39 is 0 Å². The molecule has 0 unspecified atom stereocenters. The molecule has 11 heteroatoms. The number of nitrogens with zero attached hydrogens (tertiary/aromatic N) is 3. The third-order valence-corrected chi connectivity index (χ3v) is 5.20. The number of carbonyl (C=O) groups is 4. The number of methoxy groups -OCH3 is 2. The number of esters is 2. The van der Waals surface area contributed by atoms with Crippen LogP contribution in [0.4, 0.5) is 5.82 Å². The molecule has 0 saturated carbocycles. The Morgan fingerprint density at radius 3 is 1.95 bits per heavy atom. The molecule has 0 saturated heterocycles. The summed E-state index contributed by atoms with van der Waals surface area (Å²) in [6, 6.07) is 11.2. The van der Waals surface area contributed by atoms with E-state index in [2.05, 4.69) is 24.4 Å². The molecule has 0 aliphatic heterocycles. The van der Waals surface area contributed by atoms with Crippen molar-refractivity contribution in [3.05, 3.63) is 60.0 Å². The van der Waals surface area contributed by atoms with E-state index in [0.29, 0.717) is 31.1 Å². The predicted molar refractivity (Wildman–Crippen MR) is 159 cm³/mol. The van der Waals surface area contributed by atoms with Crippen molar-refractivity contribution in [3.8, 4) is 0 Å². The average Bonchev–Trinajstić information content (AvgIpc) is 2.99. The van der Waals surface area contributed by atoms with Crippen LogP contribution >= 0.6 is 0 Å². The Bertz CT molecular complexity index is 1170. The summed E-state index contributed by atoms with van der Waals surface area (Å²) in [7, 11) is 3.78. The Hall–Kier alpha value is -4.25. The van der Waals surface area contributed by atoms with Gasteiger partial charge < -0.3 is 25.1 Å².